The van der Waals surface area contributed by atoms with Crippen molar-refractivity contribution >= 4 is 18.0 Å². The molecule has 6 nitrogen and oxygen atoms in total. The third-order valence-electron chi connectivity index (χ3n) is 2.26. The Morgan fingerprint density at radius 3 is 2.43 bits per heavy atom. The molecule has 0 saturated carbocycles. The van der Waals surface area contributed by atoms with Crippen LogP contribution in [0.5, 0.6) is 5.75 Å². The van der Waals surface area contributed by atoms with Gasteiger partial charge in [-0.15, -0.1) is 0 Å². The predicted octanol–water partition coefficient (Wildman–Crippen LogP) is 1.41. The van der Waals surface area contributed by atoms with E-state index in [1.54, 1.807) is 44.2 Å². The quantitative estimate of drug-likeness (QED) is 0.484. The highest BCUT2D eigenvalue weighted by Crippen LogP contribution is 2.15. The standard InChI is InChI=1S/C15H16N2O4/c1-10(2)21-15(19)12(8-16)7-11-3-5-13(6-4-11)20-9-14(17)18/h3-7,10H,9H2,1-2H3,(H2,17,18)/b12-7+. The van der Waals surface area contributed by atoms with Gasteiger partial charge < -0.3 is 15.2 Å². The smallest absolute Gasteiger partial charge is 0.349 e. The first-order valence-electron chi connectivity index (χ1n) is 6.26. The molecule has 1 rings (SSSR count). The van der Waals surface area contributed by atoms with Gasteiger partial charge in [0.15, 0.2) is 6.61 Å². The molecule has 0 unspecified atom stereocenters. The number of hydrogen-bond donors (Lipinski definition) is 1. The molecule has 1 aromatic carbocycles. The van der Waals surface area contributed by atoms with Crippen molar-refractivity contribution in [1.29, 1.82) is 5.26 Å². The molecule has 0 aliphatic carbocycles. The molecule has 21 heavy (non-hydrogen) atoms. The molecule has 0 spiro atoms. The van der Waals surface area contributed by atoms with Gasteiger partial charge in [-0.05, 0) is 37.6 Å². The van der Waals surface area contributed by atoms with E-state index >= 15 is 0 Å². The molecular weight excluding hydrogens is 272 g/mol. The minimum atomic E-state index is -0.665. The predicted molar refractivity (Wildman–Crippen MR) is 75.9 cm³/mol. The number of hydrogen-bond acceptors (Lipinski definition) is 5. The van der Waals surface area contributed by atoms with Crippen LogP contribution in [0.2, 0.25) is 0 Å². The van der Waals surface area contributed by atoms with E-state index in [2.05, 4.69) is 0 Å². The molecule has 6 heteroatoms. The lowest BCUT2D eigenvalue weighted by atomic mass is 10.1. The maximum Gasteiger partial charge on any atom is 0.349 e. The Balaban J connectivity index is 2.80. The molecule has 0 saturated heterocycles. The van der Waals surface area contributed by atoms with E-state index in [0.29, 0.717) is 11.3 Å². The fourth-order valence-corrected chi connectivity index (χ4v) is 1.40. The van der Waals surface area contributed by atoms with Crippen LogP contribution in [0.1, 0.15) is 19.4 Å². The van der Waals surface area contributed by atoms with E-state index in [4.69, 9.17) is 20.5 Å². The van der Waals surface area contributed by atoms with Gasteiger partial charge in [0.25, 0.3) is 5.91 Å². The summed E-state index contributed by atoms with van der Waals surface area (Å²) in [6, 6.07) is 8.32. The second-order valence-electron chi connectivity index (χ2n) is 4.45. The zero-order valence-electron chi connectivity index (χ0n) is 11.8. The van der Waals surface area contributed by atoms with Gasteiger partial charge in [-0.25, -0.2) is 4.79 Å². The fraction of sp³-hybridized carbons (Fsp3) is 0.267. The maximum absolute atomic E-state index is 11.6. The average Bonchev–Trinajstić information content (AvgIpc) is 2.42. The molecule has 0 aliphatic rings. The van der Waals surface area contributed by atoms with Crippen molar-refractivity contribution in [2.45, 2.75) is 20.0 Å². The third-order valence-corrected chi connectivity index (χ3v) is 2.26. The molecule has 0 atom stereocenters. The number of amides is 1. The number of rotatable bonds is 6. The summed E-state index contributed by atoms with van der Waals surface area (Å²) in [7, 11) is 0. The summed E-state index contributed by atoms with van der Waals surface area (Å²) in [5.74, 6) is -0.766. The molecule has 110 valence electrons. The highest BCUT2D eigenvalue weighted by atomic mass is 16.5. The van der Waals surface area contributed by atoms with Crippen LogP contribution < -0.4 is 10.5 Å². The lowest BCUT2D eigenvalue weighted by molar-refractivity contribution is -0.142. The molecule has 2 N–H and O–H groups in total. The molecule has 0 aromatic heterocycles. The van der Waals surface area contributed by atoms with Gasteiger partial charge in [0.2, 0.25) is 0 Å². The summed E-state index contributed by atoms with van der Waals surface area (Å²) in [4.78, 5) is 22.2. The van der Waals surface area contributed by atoms with Crippen LogP contribution >= 0.6 is 0 Å². The Hall–Kier alpha value is -2.81. The van der Waals surface area contributed by atoms with Crippen LogP contribution in [0.3, 0.4) is 0 Å². The first-order chi connectivity index (χ1) is 9.92. The van der Waals surface area contributed by atoms with Crippen LogP contribution in [0.25, 0.3) is 6.08 Å². The van der Waals surface area contributed by atoms with Crippen LogP contribution in [0.15, 0.2) is 29.8 Å². The number of ether oxygens (including phenoxy) is 2. The van der Waals surface area contributed by atoms with Gasteiger partial charge in [-0.2, -0.15) is 5.26 Å². The number of nitriles is 1. The number of nitrogens with two attached hydrogens (primary N) is 1. The highest BCUT2D eigenvalue weighted by molar-refractivity contribution is 5.97. The molecular formula is C15H16N2O4. The van der Waals surface area contributed by atoms with Crippen LogP contribution in [0.4, 0.5) is 0 Å². The van der Waals surface area contributed by atoms with E-state index in [-0.39, 0.29) is 18.3 Å². The van der Waals surface area contributed by atoms with Gasteiger partial charge in [0.1, 0.15) is 17.4 Å². The number of carbonyl (C=O) groups is 2. The van der Waals surface area contributed by atoms with E-state index in [9.17, 15) is 9.59 Å². The van der Waals surface area contributed by atoms with Crippen molar-refractivity contribution in [1.82, 2.24) is 0 Å². The highest BCUT2D eigenvalue weighted by Gasteiger charge is 2.12. The monoisotopic (exact) mass is 288 g/mol. The van der Waals surface area contributed by atoms with Crippen molar-refractivity contribution in [2.75, 3.05) is 6.61 Å². The maximum atomic E-state index is 11.6. The van der Waals surface area contributed by atoms with Crippen LogP contribution in [-0.4, -0.2) is 24.6 Å². The van der Waals surface area contributed by atoms with E-state index in [0.717, 1.165) is 0 Å². The number of benzene rings is 1. The molecule has 0 heterocycles. The lowest BCUT2D eigenvalue weighted by Gasteiger charge is -2.07. The number of primary amides is 1. The summed E-state index contributed by atoms with van der Waals surface area (Å²) < 4.78 is 10.1. The summed E-state index contributed by atoms with van der Waals surface area (Å²) in [6.45, 7) is 3.20. The summed E-state index contributed by atoms with van der Waals surface area (Å²) in [5, 5.41) is 8.98. The van der Waals surface area contributed by atoms with Gasteiger partial charge in [-0.3, -0.25) is 4.79 Å². The van der Waals surface area contributed by atoms with Crippen molar-refractivity contribution in [3.63, 3.8) is 0 Å². The Kier molecular flexibility index (Phi) is 5.96. The van der Waals surface area contributed by atoms with E-state index < -0.39 is 11.9 Å². The second kappa shape index (κ2) is 7.70. The summed E-state index contributed by atoms with van der Waals surface area (Å²) in [6.07, 6.45) is 1.13. The van der Waals surface area contributed by atoms with Crippen LogP contribution in [0, 0.1) is 11.3 Å². The Bertz CT molecular complexity index is 583. The zero-order chi connectivity index (χ0) is 15.8. The molecule has 1 amide bonds. The number of nitrogens with zero attached hydrogens (tertiary/aromatic N) is 1. The minimum absolute atomic E-state index is 0.0884. The zero-order valence-corrected chi connectivity index (χ0v) is 11.8. The summed E-state index contributed by atoms with van der Waals surface area (Å²) in [5.41, 5.74) is 5.52. The van der Waals surface area contributed by atoms with Gasteiger partial charge in [0, 0.05) is 0 Å². The second-order valence-corrected chi connectivity index (χ2v) is 4.45. The van der Waals surface area contributed by atoms with Gasteiger partial charge in [-0.1, -0.05) is 12.1 Å². The lowest BCUT2D eigenvalue weighted by Crippen LogP contribution is -2.19. The van der Waals surface area contributed by atoms with Crippen molar-refractivity contribution in [3.05, 3.63) is 35.4 Å². The van der Waals surface area contributed by atoms with E-state index in [1.807, 2.05) is 0 Å². The largest absolute Gasteiger partial charge is 0.484 e. The first kappa shape index (κ1) is 16.2. The Labute approximate surface area is 122 Å². The normalized spacial score (nSPS) is 10.9. The third kappa shape index (κ3) is 5.78. The fourth-order valence-electron chi connectivity index (χ4n) is 1.40. The van der Waals surface area contributed by atoms with Crippen LogP contribution in [-0.2, 0) is 14.3 Å². The SMILES string of the molecule is CC(C)OC(=O)/C(C#N)=C/c1ccc(OCC(N)=O)cc1. The van der Waals surface area contributed by atoms with Gasteiger partial charge >= 0.3 is 5.97 Å². The minimum Gasteiger partial charge on any atom is -0.484 e. The Morgan fingerprint density at radius 1 is 1.33 bits per heavy atom. The number of esters is 1. The van der Waals surface area contributed by atoms with Gasteiger partial charge in [0.05, 0.1) is 6.10 Å². The Morgan fingerprint density at radius 2 is 1.95 bits per heavy atom. The van der Waals surface area contributed by atoms with Crippen molar-refractivity contribution in [2.24, 2.45) is 5.73 Å². The molecule has 0 aliphatic heterocycles. The molecule has 0 fully saturated rings. The summed E-state index contributed by atoms with van der Waals surface area (Å²) >= 11 is 0. The molecule has 1 aromatic rings. The topological polar surface area (TPSA) is 102 Å². The van der Waals surface area contributed by atoms with Crippen molar-refractivity contribution in [3.8, 4) is 11.8 Å². The average molecular weight is 288 g/mol. The first-order valence-corrected chi connectivity index (χ1v) is 6.26. The molecule has 0 bridgehead atoms. The van der Waals surface area contributed by atoms with E-state index in [1.165, 1.54) is 6.08 Å². The van der Waals surface area contributed by atoms with Crippen molar-refractivity contribution < 1.29 is 19.1 Å². The molecule has 0 radical (unpaired) electrons. The number of carbonyl (C=O) groups excluding carboxylic acids is 2.